The number of hydrogen-bond acceptors (Lipinski definition) is 6. The molecule has 0 aromatic carbocycles. The zero-order valence-electron chi connectivity index (χ0n) is 19.3. The predicted octanol–water partition coefficient (Wildman–Crippen LogP) is 2.39. The fraction of sp³-hybridized carbons (Fsp3) is 0.913. The lowest BCUT2D eigenvalue weighted by molar-refractivity contribution is -0.146. The summed E-state index contributed by atoms with van der Waals surface area (Å²) in [6.07, 6.45) is 7.19. The third kappa shape index (κ3) is 10.2. The molecule has 7 nitrogen and oxygen atoms in total. The number of carbonyl (C=O) groups excluding carboxylic acids is 2. The predicted molar refractivity (Wildman–Crippen MR) is 118 cm³/mol. The Morgan fingerprint density at radius 3 is 2.47 bits per heavy atom. The molecule has 174 valence electrons. The molecule has 0 atom stereocenters. The van der Waals surface area contributed by atoms with E-state index in [9.17, 15) is 9.59 Å². The number of carbonyl (C=O) groups is 2. The number of esters is 1. The molecular weight excluding hydrogens is 382 g/mol. The Kier molecular flexibility index (Phi) is 12.3. The van der Waals surface area contributed by atoms with Gasteiger partial charge in [-0.15, -0.1) is 0 Å². The molecule has 2 heterocycles. The molecule has 2 saturated heterocycles. The third-order valence-electron chi connectivity index (χ3n) is 6.25. The maximum Gasteiger partial charge on any atom is 0.306 e. The van der Waals surface area contributed by atoms with E-state index in [1.165, 1.54) is 32.4 Å². The van der Waals surface area contributed by atoms with Gasteiger partial charge in [0.05, 0.1) is 26.2 Å². The second-order valence-corrected chi connectivity index (χ2v) is 8.80. The van der Waals surface area contributed by atoms with E-state index in [2.05, 4.69) is 23.8 Å². The van der Waals surface area contributed by atoms with E-state index >= 15 is 0 Å². The second kappa shape index (κ2) is 14.8. The zero-order valence-corrected chi connectivity index (χ0v) is 19.3. The van der Waals surface area contributed by atoms with E-state index < -0.39 is 0 Å². The van der Waals surface area contributed by atoms with Crippen LogP contribution in [0.1, 0.15) is 58.3 Å². The molecule has 0 saturated carbocycles. The quantitative estimate of drug-likeness (QED) is 0.334. The van der Waals surface area contributed by atoms with Crippen molar-refractivity contribution < 1.29 is 19.1 Å². The number of rotatable bonds is 13. The Morgan fingerprint density at radius 2 is 1.77 bits per heavy atom. The minimum absolute atomic E-state index is 0.0985. The van der Waals surface area contributed by atoms with Crippen LogP contribution in [0.5, 0.6) is 0 Å². The summed E-state index contributed by atoms with van der Waals surface area (Å²) < 4.78 is 10.6. The lowest BCUT2D eigenvalue weighted by atomic mass is 9.92. The lowest BCUT2D eigenvalue weighted by Crippen LogP contribution is -2.38. The highest BCUT2D eigenvalue weighted by atomic mass is 16.5. The largest absolute Gasteiger partial charge is 0.466 e. The van der Waals surface area contributed by atoms with Gasteiger partial charge in [0.15, 0.2) is 0 Å². The Hall–Kier alpha value is -1.18. The van der Waals surface area contributed by atoms with Gasteiger partial charge < -0.3 is 19.3 Å². The highest BCUT2D eigenvalue weighted by molar-refractivity contribution is 5.81. The monoisotopic (exact) mass is 425 g/mol. The summed E-state index contributed by atoms with van der Waals surface area (Å²) in [4.78, 5) is 31.0. The molecule has 2 rings (SSSR count). The first kappa shape index (κ1) is 25.1. The first-order valence-electron chi connectivity index (χ1n) is 12.0. The molecule has 2 aliphatic rings. The number of likely N-dealkylation sites (tertiary alicyclic amines) is 1. The Balaban J connectivity index is 1.48. The fourth-order valence-electron chi connectivity index (χ4n) is 4.35. The van der Waals surface area contributed by atoms with Gasteiger partial charge in [-0.3, -0.25) is 14.5 Å². The van der Waals surface area contributed by atoms with Crippen LogP contribution in [0.2, 0.25) is 0 Å². The molecule has 0 aromatic rings. The molecule has 0 aliphatic carbocycles. The van der Waals surface area contributed by atoms with Crippen LogP contribution in [-0.2, 0) is 19.1 Å². The van der Waals surface area contributed by atoms with Gasteiger partial charge in [-0.25, -0.2) is 0 Å². The normalized spacial score (nSPS) is 18.7. The average Bonchev–Trinajstić information content (AvgIpc) is 2.76. The first-order chi connectivity index (χ1) is 14.6. The molecule has 30 heavy (non-hydrogen) atoms. The standard InChI is InChI=1S/C23H43N3O4/c1-3-11-24(2)12-4-6-21-9-14-26(15-10-21)22(27)7-8-23(28)30-18-5-13-25-16-19-29-20-17-25/h21H,3-20H2,1-2H3. The van der Waals surface area contributed by atoms with E-state index in [0.29, 0.717) is 6.61 Å². The van der Waals surface area contributed by atoms with Crippen molar-refractivity contribution in [1.82, 2.24) is 14.7 Å². The average molecular weight is 426 g/mol. The number of piperidine rings is 1. The Labute approximate surface area is 183 Å². The molecule has 0 bridgehead atoms. The molecule has 0 aromatic heterocycles. The van der Waals surface area contributed by atoms with Crippen molar-refractivity contribution in [2.24, 2.45) is 5.92 Å². The molecule has 0 N–H and O–H groups in total. The van der Waals surface area contributed by atoms with Crippen LogP contribution in [0, 0.1) is 5.92 Å². The topological polar surface area (TPSA) is 62.3 Å². The van der Waals surface area contributed by atoms with Crippen LogP contribution in [0.3, 0.4) is 0 Å². The van der Waals surface area contributed by atoms with Gasteiger partial charge in [0.25, 0.3) is 0 Å². The van der Waals surface area contributed by atoms with Crippen molar-refractivity contribution in [3.63, 3.8) is 0 Å². The van der Waals surface area contributed by atoms with Gasteiger partial charge in [0.1, 0.15) is 0 Å². The molecular formula is C23H43N3O4. The minimum atomic E-state index is -0.253. The highest BCUT2D eigenvalue weighted by Gasteiger charge is 2.23. The third-order valence-corrected chi connectivity index (χ3v) is 6.25. The molecule has 0 unspecified atom stereocenters. The van der Waals surface area contributed by atoms with Crippen LogP contribution in [0.25, 0.3) is 0 Å². The van der Waals surface area contributed by atoms with E-state index in [-0.39, 0.29) is 24.7 Å². The van der Waals surface area contributed by atoms with Gasteiger partial charge in [0, 0.05) is 39.1 Å². The summed E-state index contributed by atoms with van der Waals surface area (Å²) in [7, 11) is 2.19. The summed E-state index contributed by atoms with van der Waals surface area (Å²) in [5.41, 5.74) is 0. The van der Waals surface area contributed by atoms with E-state index in [0.717, 1.165) is 71.1 Å². The summed E-state index contributed by atoms with van der Waals surface area (Å²) in [6, 6.07) is 0. The summed E-state index contributed by atoms with van der Waals surface area (Å²) in [5.74, 6) is 0.582. The Morgan fingerprint density at radius 1 is 1.03 bits per heavy atom. The number of ether oxygens (including phenoxy) is 2. The van der Waals surface area contributed by atoms with Crippen molar-refractivity contribution in [1.29, 1.82) is 0 Å². The van der Waals surface area contributed by atoms with Crippen LogP contribution in [-0.4, -0.2) is 99.3 Å². The molecule has 0 radical (unpaired) electrons. The smallest absolute Gasteiger partial charge is 0.306 e. The number of hydrogen-bond donors (Lipinski definition) is 0. The molecule has 7 heteroatoms. The highest BCUT2D eigenvalue weighted by Crippen LogP contribution is 2.22. The van der Waals surface area contributed by atoms with Crippen LogP contribution in [0.15, 0.2) is 0 Å². The minimum Gasteiger partial charge on any atom is -0.466 e. The summed E-state index contributed by atoms with van der Waals surface area (Å²) in [5, 5.41) is 0. The van der Waals surface area contributed by atoms with Crippen LogP contribution >= 0.6 is 0 Å². The van der Waals surface area contributed by atoms with Gasteiger partial charge in [-0.1, -0.05) is 6.92 Å². The first-order valence-corrected chi connectivity index (χ1v) is 12.0. The maximum atomic E-state index is 12.4. The number of morpholine rings is 1. The van der Waals surface area contributed by atoms with Crippen molar-refractivity contribution in [3.8, 4) is 0 Å². The van der Waals surface area contributed by atoms with Crippen molar-refractivity contribution in [2.75, 3.05) is 72.7 Å². The molecule has 0 spiro atoms. The van der Waals surface area contributed by atoms with E-state index in [4.69, 9.17) is 9.47 Å². The van der Waals surface area contributed by atoms with Gasteiger partial charge >= 0.3 is 5.97 Å². The van der Waals surface area contributed by atoms with Gasteiger partial charge in [0.2, 0.25) is 5.91 Å². The van der Waals surface area contributed by atoms with Crippen molar-refractivity contribution in [3.05, 3.63) is 0 Å². The fourth-order valence-corrected chi connectivity index (χ4v) is 4.35. The number of nitrogens with zero attached hydrogens (tertiary/aromatic N) is 3. The van der Waals surface area contributed by atoms with Gasteiger partial charge in [-0.05, 0) is 64.6 Å². The van der Waals surface area contributed by atoms with Gasteiger partial charge in [-0.2, -0.15) is 0 Å². The van der Waals surface area contributed by atoms with Crippen molar-refractivity contribution in [2.45, 2.75) is 58.3 Å². The van der Waals surface area contributed by atoms with Crippen molar-refractivity contribution >= 4 is 11.9 Å². The summed E-state index contributed by atoms with van der Waals surface area (Å²) >= 11 is 0. The zero-order chi connectivity index (χ0) is 21.6. The van der Waals surface area contributed by atoms with Crippen LogP contribution < -0.4 is 0 Å². The molecule has 1 amide bonds. The SMILES string of the molecule is CCCN(C)CCCC1CCN(C(=O)CCC(=O)OCCCN2CCOCC2)CC1. The van der Waals surface area contributed by atoms with Crippen LogP contribution in [0.4, 0.5) is 0 Å². The molecule has 2 fully saturated rings. The molecule has 2 aliphatic heterocycles. The summed E-state index contributed by atoms with van der Waals surface area (Å²) in [6.45, 7) is 11.1. The Bertz CT molecular complexity index is 489. The van der Waals surface area contributed by atoms with E-state index in [1.54, 1.807) is 0 Å². The second-order valence-electron chi connectivity index (χ2n) is 8.80. The lowest BCUT2D eigenvalue weighted by Gasteiger charge is -2.32. The maximum absolute atomic E-state index is 12.4. The number of amides is 1. The van der Waals surface area contributed by atoms with E-state index in [1.807, 2.05) is 4.90 Å².